The van der Waals surface area contributed by atoms with Gasteiger partial charge in [0.05, 0.1) is 23.2 Å². The third kappa shape index (κ3) is 3.58. The Kier molecular flexibility index (Phi) is 5.05. The molecule has 1 amide bonds. The van der Waals surface area contributed by atoms with Gasteiger partial charge in [0.1, 0.15) is 18.3 Å². The van der Waals surface area contributed by atoms with Gasteiger partial charge >= 0.3 is 0 Å². The first kappa shape index (κ1) is 20.4. The lowest BCUT2D eigenvalue weighted by Gasteiger charge is -2.14. The summed E-state index contributed by atoms with van der Waals surface area (Å²) < 4.78 is 14.9. The highest BCUT2D eigenvalue weighted by molar-refractivity contribution is 5.97. The van der Waals surface area contributed by atoms with E-state index in [0.29, 0.717) is 23.6 Å². The number of halogens is 1. The molecule has 0 aromatic carbocycles. The predicted octanol–water partition coefficient (Wildman–Crippen LogP) is 3.78. The van der Waals surface area contributed by atoms with Crippen LogP contribution >= 0.6 is 0 Å². The summed E-state index contributed by atoms with van der Waals surface area (Å²) in [6.45, 7) is 4.00. The largest absolute Gasteiger partial charge is 0.387 e. The fraction of sp³-hybridized carbons (Fsp3) is 0.348. The number of fused-ring (bicyclic) bond motifs is 3. The molecule has 1 saturated carbocycles. The second-order valence-electron chi connectivity index (χ2n) is 8.26. The highest BCUT2D eigenvalue weighted by atomic mass is 19.1. The van der Waals surface area contributed by atoms with Gasteiger partial charge < -0.3 is 10.4 Å². The molecule has 4 aromatic rings. The first-order valence-electron chi connectivity index (χ1n) is 10.7. The molecular formula is C23H23FN6O2. The number of carbonyl (C=O) groups excluding carboxylic acids is 1. The van der Waals surface area contributed by atoms with Gasteiger partial charge in [0.2, 0.25) is 5.91 Å². The van der Waals surface area contributed by atoms with Crippen molar-refractivity contribution in [2.45, 2.75) is 45.4 Å². The summed E-state index contributed by atoms with van der Waals surface area (Å²) in [7, 11) is 0. The molecule has 0 unspecified atom stereocenters. The van der Waals surface area contributed by atoms with Crippen LogP contribution in [0.25, 0.3) is 27.7 Å². The number of alkyl halides is 1. The number of carbonyl (C=O) groups is 1. The molecule has 5 rings (SSSR count). The number of rotatable bonds is 6. The maximum atomic E-state index is 13.2. The smallest absolute Gasteiger partial charge is 0.231 e. The molecule has 4 aromatic heterocycles. The van der Waals surface area contributed by atoms with Crippen molar-refractivity contribution in [2.24, 2.45) is 5.92 Å². The molecular weight excluding hydrogens is 411 g/mol. The summed E-state index contributed by atoms with van der Waals surface area (Å²) in [5.74, 6) is -0.600. The lowest BCUT2D eigenvalue weighted by molar-refractivity contribution is -0.117. The van der Waals surface area contributed by atoms with Crippen LogP contribution in [0.3, 0.4) is 0 Å². The van der Waals surface area contributed by atoms with Crippen molar-refractivity contribution in [1.29, 1.82) is 0 Å². The number of hydrogen-bond acceptors (Lipinski definition) is 6. The summed E-state index contributed by atoms with van der Waals surface area (Å²) in [5.41, 5.74) is 4.71. The fourth-order valence-corrected chi connectivity index (χ4v) is 3.96. The maximum Gasteiger partial charge on any atom is 0.231 e. The van der Waals surface area contributed by atoms with Gasteiger partial charge in [0.25, 0.3) is 0 Å². The van der Waals surface area contributed by atoms with E-state index in [2.05, 4.69) is 25.4 Å². The Morgan fingerprint density at radius 1 is 1.25 bits per heavy atom. The summed E-state index contributed by atoms with van der Waals surface area (Å²) in [4.78, 5) is 25.3. The first-order valence-corrected chi connectivity index (χ1v) is 10.7. The zero-order chi connectivity index (χ0) is 22.4. The van der Waals surface area contributed by atoms with Crippen LogP contribution < -0.4 is 5.32 Å². The van der Waals surface area contributed by atoms with Crippen molar-refractivity contribution >= 4 is 28.3 Å². The van der Waals surface area contributed by atoms with E-state index in [1.54, 1.807) is 23.0 Å². The van der Waals surface area contributed by atoms with Crippen LogP contribution in [0.5, 0.6) is 0 Å². The SMILES string of the molecule is CCC[C@H](O)c1cc(C)c(-c2cc3cnc(NC(=O)[C@@H]4C[C@@H]4F)cc3n3ncnc23)cn1. The van der Waals surface area contributed by atoms with Crippen LogP contribution in [0.15, 0.2) is 36.9 Å². The van der Waals surface area contributed by atoms with Crippen molar-refractivity contribution in [2.75, 3.05) is 5.32 Å². The van der Waals surface area contributed by atoms with Crippen LogP contribution in [-0.4, -0.2) is 41.8 Å². The minimum Gasteiger partial charge on any atom is -0.387 e. The quantitative estimate of drug-likeness (QED) is 0.479. The van der Waals surface area contributed by atoms with Crippen molar-refractivity contribution in [3.8, 4) is 11.1 Å². The Balaban J connectivity index is 1.55. The van der Waals surface area contributed by atoms with Crippen LogP contribution in [0.2, 0.25) is 0 Å². The Hall–Kier alpha value is -3.46. The minimum absolute atomic E-state index is 0.262. The molecule has 1 fully saturated rings. The van der Waals surface area contributed by atoms with E-state index >= 15 is 0 Å². The molecule has 4 heterocycles. The van der Waals surface area contributed by atoms with E-state index < -0.39 is 18.2 Å². The molecule has 0 radical (unpaired) electrons. The molecule has 2 N–H and O–H groups in total. The highest BCUT2D eigenvalue weighted by Crippen LogP contribution is 2.35. The number of hydrogen-bond donors (Lipinski definition) is 2. The van der Waals surface area contributed by atoms with Gasteiger partial charge in [-0.05, 0) is 37.5 Å². The number of amides is 1. The summed E-state index contributed by atoms with van der Waals surface area (Å²) in [5, 5.41) is 18.1. The zero-order valence-electron chi connectivity index (χ0n) is 17.8. The predicted molar refractivity (Wildman–Crippen MR) is 118 cm³/mol. The van der Waals surface area contributed by atoms with E-state index in [9.17, 15) is 14.3 Å². The molecule has 9 heteroatoms. The van der Waals surface area contributed by atoms with E-state index in [-0.39, 0.29) is 12.3 Å². The van der Waals surface area contributed by atoms with Gasteiger partial charge in [-0.2, -0.15) is 5.10 Å². The molecule has 1 aliphatic carbocycles. The van der Waals surface area contributed by atoms with E-state index in [1.165, 1.54) is 6.33 Å². The van der Waals surface area contributed by atoms with Gasteiger partial charge in [0.15, 0.2) is 5.65 Å². The lowest BCUT2D eigenvalue weighted by Crippen LogP contribution is -2.16. The number of anilines is 1. The molecule has 3 atom stereocenters. The standard InChI is InChI=1S/C23H23FN6O2/c1-3-4-20(31)18-5-12(2)16(10-25-18)14-6-13-9-26-21(29-23(32)15-7-17(15)24)8-19(13)30-22(14)27-11-28-30/h5-6,8-11,15,17,20,31H,3-4,7H2,1-2H3,(H,26,29,32)/t15-,17+,20+/m1/s1. The zero-order valence-corrected chi connectivity index (χ0v) is 17.8. The van der Waals surface area contributed by atoms with Crippen LogP contribution in [-0.2, 0) is 4.79 Å². The third-order valence-electron chi connectivity index (χ3n) is 5.85. The van der Waals surface area contributed by atoms with Gasteiger partial charge in [0, 0.05) is 35.0 Å². The first-order chi connectivity index (χ1) is 15.5. The molecule has 0 saturated heterocycles. The number of aliphatic hydroxyl groups is 1. The van der Waals surface area contributed by atoms with Gasteiger partial charge in [-0.25, -0.2) is 18.9 Å². The van der Waals surface area contributed by atoms with Crippen molar-refractivity contribution in [3.63, 3.8) is 0 Å². The summed E-state index contributed by atoms with van der Waals surface area (Å²) >= 11 is 0. The summed E-state index contributed by atoms with van der Waals surface area (Å²) in [6.07, 6.45) is 5.02. The van der Waals surface area contributed by atoms with Gasteiger partial charge in [-0.1, -0.05) is 13.3 Å². The Morgan fingerprint density at radius 3 is 2.78 bits per heavy atom. The van der Waals surface area contributed by atoms with Gasteiger partial charge in [-0.15, -0.1) is 0 Å². The van der Waals surface area contributed by atoms with Gasteiger partial charge in [-0.3, -0.25) is 9.78 Å². The number of aryl methyl sites for hydroxylation is 1. The second-order valence-corrected chi connectivity index (χ2v) is 8.26. The van der Waals surface area contributed by atoms with Crippen LogP contribution in [0.4, 0.5) is 10.2 Å². The number of pyridine rings is 3. The molecule has 164 valence electrons. The van der Waals surface area contributed by atoms with Crippen LogP contribution in [0, 0.1) is 12.8 Å². The Labute approximate surface area is 183 Å². The minimum atomic E-state index is -1.06. The molecule has 8 nitrogen and oxygen atoms in total. The average Bonchev–Trinajstić information content (AvgIpc) is 3.30. The second kappa shape index (κ2) is 7.90. The average molecular weight is 434 g/mol. The number of nitrogens with zero attached hydrogens (tertiary/aromatic N) is 5. The molecule has 0 spiro atoms. The number of nitrogens with one attached hydrogen (secondary N) is 1. The van der Waals surface area contributed by atoms with Crippen molar-refractivity contribution in [3.05, 3.63) is 48.2 Å². The normalized spacial score (nSPS) is 18.8. The van der Waals surface area contributed by atoms with Crippen molar-refractivity contribution < 1.29 is 14.3 Å². The monoisotopic (exact) mass is 434 g/mol. The fourth-order valence-electron chi connectivity index (χ4n) is 3.96. The molecule has 0 bridgehead atoms. The Bertz CT molecular complexity index is 1340. The molecule has 0 aliphatic heterocycles. The Morgan fingerprint density at radius 2 is 2.06 bits per heavy atom. The van der Waals surface area contributed by atoms with E-state index in [4.69, 9.17) is 0 Å². The number of aromatic nitrogens is 5. The molecule has 32 heavy (non-hydrogen) atoms. The third-order valence-corrected chi connectivity index (χ3v) is 5.85. The molecule has 1 aliphatic rings. The lowest BCUT2D eigenvalue weighted by atomic mass is 10.00. The summed E-state index contributed by atoms with van der Waals surface area (Å²) in [6, 6.07) is 5.58. The van der Waals surface area contributed by atoms with E-state index in [1.807, 2.05) is 26.0 Å². The van der Waals surface area contributed by atoms with Crippen molar-refractivity contribution in [1.82, 2.24) is 24.6 Å². The number of aliphatic hydroxyl groups excluding tert-OH is 1. The highest BCUT2D eigenvalue weighted by Gasteiger charge is 2.43. The maximum absolute atomic E-state index is 13.2. The topological polar surface area (TPSA) is 105 Å². The van der Waals surface area contributed by atoms with E-state index in [0.717, 1.165) is 34.0 Å². The van der Waals surface area contributed by atoms with Crippen LogP contribution in [0.1, 0.15) is 43.5 Å².